The Hall–Kier alpha value is -5.24. The number of benzene rings is 8. The second-order valence-electron chi connectivity index (χ2n) is 13.2. The van der Waals surface area contributed by atoms with Crippen molar-refractivity contribution in [1.82, 2.24) is 0 Å². The van der Waals surface area contributed by atoms with Crippen LogP contribution in [0.4, 0.5) is 0 Å². The smallest absolute Gasteiger partial charge is 0.0355 e. The van der Waals surface area contributed by atoms with Crippen LogP contribution < -0.4 is 0 Å². The number of rotatable bonds is 2. The van der Waals surface area contributed by atoms with Gasteiger partial charge in [-0.1, -0.05) is 135 Å². The number of hydrogen-bond donors (Lipinski definition) is 0. The van der Waals surface area contributed by atoms with E-state index in [1.165, 1.54) is 97.0 Å². The molecule has 216 valence electrons. The van der Waals surface area contributed by atoms with Gasteiger partial charge in [-0.15, -0.1) is 11.3 Å². The molecular weight excluding hydrogens is 573 g/mol. The van der Waals surface area contributed by atoms with Crippen LogP contribution in [0.2, 0.25) is 0 Å². The lowest BCUT2D eigenvalue weighted by atomic mass is 9.79. The molecule has 8 aromatic carbocycles. The van der Waals surface area contributed by atoms with Gasteiger partial charge >= 0.3 is 0 Å². The highest BCUT2D eigenvalue weighted by atomic mass is 32.1. The van der Waals surface area contributed by atoms with Crippen molar-refractivity contribution >= 4 is 63.8 Å². The summed E-state index contributed by atoms with van der Waals surface area (Å²) in [6.45, 7) is 4.78. The van der Waals surface area contributed by atoms with Gasteiger partial charge in [0, 0.05) is 25.6 Å². The van der Waals surface area contributed by atoms with E-state index in [4.69, 9.17) is 0 Å². The van der Waals surface area contributed by atoms with Gasteiger partial charge in [-0.2, -0.15) is 0 Å². The third kappa shape index (κ3) is 3.44. The second-order valence-corrected chi connectivity index (χ2v) is 14.3. The van der Waals surface area contributed by atoms with Crippen molar-refractivity contribution in [2.75, 3.05) is 0 Å². The molecule has 10 rings (SSSR count). The summed E-state index contributed by atoms with van der Waals surface area (Å²) in [6, 6.07) is 54.6. The van der Waals surface area contributed by atoms with Gasteiger partial charge < -0.3 is 0 Å². The van der Waals surface area contributed by atoms with E-state index >= 15 is 0 Å². The van der Waals surface area contributed by atoms with Crippen molar-refractivity contribution in [3.63, 3.8) is 0 Å². The fourth-order valence-corrected chi connectivity index (χ4v) is 9.45. The van der Waals surface area contributed by atoms with Crippen LogP contribution >= 0.6 is 11.3 Å². The number of fused-ring (bicyclic) bond motifs is 10. The van der Waals surface area contributed by atoms with E-state index in [0.717, 1.165) is 0 Å². The highest BCUT2D eigenvalue weighted by Gasteiger charge is 2.37. The van der Waals surface area contributed by atoms with Gasteiger partial charge in [0.2, 0.25) is 0 Å². The Balaban J connectivity index is 1.33. The molecule has 0 spiro atoms. The number of thiophene rings is 1. The standard InChI is InChI=1S/C45H30S/c1-45(2)38-21-11-9-20-35(38)44-30-15-4-3-13-28(30)37(26-39(44)45)43-33-18-7-5-16-31(33)42(32-17-6-8-19-34(32)43)27-23-24-41-36(25-27)29-14-10-12-22-40(29)46-41/h3-26H,1-2H3. The lowest BCUT2D eigenvalue weighted by molar-refractivity contribution is 0.661. The Labute approximate surface area is 272 Å². The average Bonchev–Trinajstić information content (AvgIpc) is 3.58. The predicted octanol–water partition coefficient (Wildman–Crippen LogP) is 13.2. The van der Waals surface area contributed by atoms with Crippen molar-refractivity contribution in [2.24, 2.45) is 0 Å². The van der Waals surface area contributed by atoms with Crippen LogP contribution in [-0.2, 0) is 5.41 Å². The second kappa shape index (κ2) is 9.39. The van der Waals surface area contributed by atoms with Crippen molar-refractivity contribution in [2.45, 2.75) is 19.3 Å². The molecule has 9 aromatic rings. The first kappa shape index (κ1) is 26.0. The minimum Gasteiger partial charge on any atom is -0.135 e. The first-order chi connectivity index (χ1) is 22.6. The molecular formula is C45H30S. The lowest BCUT2D eigenvalue weighted by Crippen LogP contribution is -2.15. The predicted molar refractivity (Wildman–Crippen MR) is 200 cm³/mol. The van der Waals surface area contributed by atoms with Crippen molar-refractivity contribution in [3.8, 4) is 33.4 Å². The van der Waals surface area contributed by atoms with Gasteiger partial charge in [-0.05, 0) is 101 Å². The quantitative estimate of drug-likeness (QED) is 0.173. The molecule has 0 fully saturated rings. The van der Waals surface area contributed by atoms with Gasteiger partial charge in [0.15, 0.2) is 0 Å². The Morgan fingerprint density at radius 1 is 0.370 bits per heavy atom. The third-order valence-corrected chi connectivity index (χ3v) is 11.6. The maximum absolute atomic E-state index is 2.52. The largest absolute Gasteiger partial charge is 0.135 e. The summed E-state index contributed by atoms with van der Waals surface area (Å²) >= 11 is 1.88. The van der Waals surface area contributed by atoms with Crippen LogP contribution in [0.5, 0.6) is 0 Å². The van der Waals surface area contributed by atoms with E-state index < -0.39 is 0 Å². The van der Waals surface area contributed by atoms with E-state index in [0.29, 0.717) is 0 Å². The van der Waals surface area contributed by atoms with Crippen LogP contribution in [0.25, 0.3) is 85.9 Å². The van der Waals surface area contributed by atoms with Crippen LogP contribution in [0, 0.1) is 0 Å². The van der Waals surface area contributed by atoms with Crippen LogP contribution in [-0.4, -0.2) is 0 Å². The Kier molecular flexibility index (Phi) is 5.31. The van der Waals surface area contributed by atoms with E-state index in [1.807, 2.05) is 11.3 Å². The summed E-state index contributed by atoms with van der Waals surface area (Å²) in [5, 5.41) is 10.5. The maximum atomic E-state index is 2.52. The minimum absolute atomic E-state index is 0.0883. The molecule has 0 bridgehead atoms. The van der Waals surface area contributed by atoms with Crippen molar-refractivity contribution in [1.29, 1.82) is 0 Å². The normalized spacial score (nSPS) is 13.6. The van der Waals surface area contributed by atoms with Crippen LogP contribution in [0.3, 0.4) is 0 Å². The molecule has 0 N–H and O–H groups in total. The monoisotopic (exact) mass is 602 g/mol. The molecule has 0 aliphatic heterocycles. The van der Waals surface area contributed by atoms with Crippen LogP contribution in [0.1, 0.15) is 25.0 Å². The summed E-state index contributed by atoms with van der Waals surface area (Å²) in [7, 11) is 0. The summed E-state index contributed by atoms with van der Waals surface area (Å²) in [5.41, 5.74) is 10.7. The first-order valence-electron chi connectivity index (χ1n) is 16.1. The average molecular weight is 603 g/mol. The molecule has 1 heterocycles. The fourth-order valence-electron chi connectivity index (χ4n) is 8.37. The molecule has 1 aliphatic rings. The molecule has 0 nitrogen and oxygen atoms in total. The summed E-state index contributed by atoms with van der Waals surface area (Å²) in [4.78, 5) is 0. The Bertz CT molecular complexity index is 2660. The summed E-state index contributed by atoms with van der Waals surface area (Å²) in [6.07, 6.45) is 0. The van der Waals surface area contributed by atoms with E-state index in [9.17, 15) is 0 Å². The molecule has 0 radical (unpaired) electrons. The van der Waals surface area contributed by atoms with Gasteiger partial charge in [0.25, 0.3) is 0 Å². The lowest BCUT2D eigenvalue weighted by Gasteiger charge is -2.24. The summed E-state index contributed by atoms with van der Waals surface area (Å²) < 4.78 is 2.68. The SMILES string of the molecule is CC1(C)c2ccccc2-c2c1cc(-c1c3ccccc3c(-c3ccc4sc5ccccc5c4c3)c3ccccc13)c1ccccc21. The first-order valence-corrected chi connectivity index (χ1v) is 16.9. The highest BCUT2D eigenvalue weighted by Crippen LogP contribution is 2.54. The van der Waals surface area contributed by atoms with Gasteiger partial charge in [0.05, 0.1) is 0 Å². The maximum Gasteiger partial charge on any atom is 0.0355 e. The zero-order chi connectivity index (χ0) is 30.6. The van der Waals surface area contributed by atoms with Gasteiger partial charge in [-0.25, -0.2) is 0 Å². The van der Waals surface area contributed by atoms with E-state index in [-0.39, 0.29) is 5.41 Å². The third-order valence-electron chi connectivity index (χ3n) is 10.5. The molecule has 0 saturated carbocycles. The molecule has 1 aliphatic carbocycles. The highest BCUT2D eigenvalue weighted by molar-refractivity contribution is 7.25. The molecule has 1 aromatic heterocycles. The minimum atomic E-state index is -0.0883. The molecule has 0 unspecified atom stereocenters. The zero-order valence-electron chi connectivity index (χ0n) is 25.8. The van der Waals surface area contributed by atoms with Crippen molar-refractivity contribution < 1.29 is 0 Å². The zero-order valence-corrected chi connectivity index (χ0v) is 26.6. The fraction of sp³-hybridized carbons (Fsp3) is 0.0667. The molecule has 0 amide bonds. The molecule has 1 heteroatoms. The Morgan fingerprint density at radius 2 is 0.891 bits per heavy atom. The van der Waals surface area contributed by atoms with E-state index in [1.54, 1.807) is 0 Å². The number of hydrogen-bond acceptors (Lipinski definition) is 1. The van der Waals surface area contributed by atoms with Gasteiger partial charge in [0.1, 0.15) is 0 Å². The van der Waals surface area contributed by atoms with Gasteiger partial charge in [-0.3, -0.25) is 0 Å². The molecule has 0 saturated heterocycles. The molecule has 46 heavy (non-hydrogen) atoms. The molecule has 0 atom stereocenters. The topological polar surface area (TPSA) is 0 Å². The van der Waals surface area contributed by atoms with E-state index in [2.05, 4.69) is 159 Å². The van der Waals surface area contributed by atoms with Crippen LogP contribution in [0.15, 0.2) is 146 Å². The Morgan fingerprint density at radius 3 is 1.59 bits per heavy atom. The summed E-state index contributed by atoms with van der Waals surface area (Å²) in [5.74, 6) is 0. The van der Waals surface area contributed by atoms with Crippen molar-refractivity contribution in [3.05, 3.63) is 157 Å².